The van der Waals surface area contributed by atoms with Crippen LogP contribution in [0.15, 0.2) is 41.3 Å². The molecule has 1 N–H and O–H groups in total. The molecule has 6 nitrogen and oxygen atoms in total. The number of nitrogens with zero attached hydrogens (tertiary/aromatic N) is 1. The van der Waals surface area contributed by atoms with E-state index < -0.39 is 39.1 Å². The van der Waals surface area contributed by atoms with Gasteiger partial charge in [-0.2, -0.15) is 13.2 Å². The Morgan fingerprint density at radius 1 is 1.14 bits per heavy atom. The average Bonchev–Trinajstić information content (AvgIpc) is 2.62. The van der Waals surface area contributed by atoms with Crippen molar-refractivity contribution in [2.75, 3.05) is 26.0 Å². The van der Waals surface area contributed by atoms with E-state index >= 15 is 0 Å². The van der Waals surface area contributed by atoms with E-state index in [4.69, 9.17) is 4.74 Å². The summed E-state index contributed by atoms with van der Waals surface area (Å²) in [6, 6.07) is 5.61. The molecule has 11 heteroatoms. The molecule has 0 fully saturated rings. The lowest BCUT2D eigenvalue weighted by Crippen LogP contribution is -2.23. The van der Waals surface area contributed by atoms with E-state index in [0.717, 1.165) is 16.4 Å². The monoisotopic (exact) mass is 434 g/mol. The van der Waals surface area contributed by atoms with Crippen molar-refractivity contribution in [1.29, 1.82) is 0 Å². The van der Waals surface area contributed by atoms with Crippen molar-refractivity contribution < 1.29 is 35.5 Å². The van der Waals surface area contributed by atoms with Crippen molar-refractivity contribution in [2.24, 2.45) is 0 Å². The Bertz CT molecular complexity index is 1020. The molecule has 0 aliphatic carbocycles. The van der Waals surface area contributed by atoms with Crippen molar-refractivity contribution in [1.82, 2.24) is 4.31 Å². The van der Waals surface area contributed by atoms with Crippen LogP contribution in [0.1, 0.15) is 22.8 Å². The minimum atomic E-state index is -4.97. The van der Waals surface area contributed by atoms with Crippen LogP contribution in [0.3, 0.4) is 0 Å². The molecule has 0 aromatic heterocycles. The van der Waals surface area contributed by atoms with Crippen LogP contribution in [0, 0.1) is 5.82 Å². The average molecular weight is 434 g/mol. The summed E-state index contributed by atoms with van der Waals surface area (Å²) in [4.78, 5) is 12.1. The highest BCUT2D eigenvalue weighted by atomic mass is 32.2. The smallest absolute Gasteiger partial charge is 0.419 e. The first-order chi connectivity index (χ1) is 13.4. The van der Waals surface area contributed by atoms with E-state index in [0.29, 0.717) is 12.1 Å². The Morgan fingerprint density at radius 2 is 1.79 bits per heavy atom. The van der Waals surface area contributed by atoms with E-state index in [1.54, 1.807) is 6.92 Å². The number of sulfonamides is 1. The Labute approximate surface area is 165 Å². The minimum absolute atomic E-state index is 0.0109. The SMILES string of the molecule is CCOc1ccc(NC(=O)c2ccc(F)c(C(F)(F)F)c2)cc1S(=O)(=O)N(C)C. The summed E-state index contributed by atoms with van der Waals surface area (Å²) in [5.74, 6) is -2.41. The van der Waals surface area contributed by atoms with Crippen LogP contribution in [-0.4, -0.2) is 39.3 Å². The van der Waals surface area contributed by atoms with Crippen LogP contribution in [-0.2, 0) is 16.2 Å². The lowest BCUT2D eigenvalue weighted by molar-refractivity contribution is -0.140. The second kappa shape index (κ2) is 8.37. The van der Waals surface area contributed by atoms with Crippen LogP contribution < -0.4 is 10.1 Å². The Balaban J connectivity index is 2.41. The standard InChI is InChI=1S/C18H18F4N2O4S/c1-4-28-15-8-6-12(10-16(15)29(26,27)24(2)3)23-17(25)11-5-7-14(19)13(9-11)18(20,21)22/h5-10H,4H2,1-3H3,(H,23,25). The molecule has 2 aromatic carbocycles. The lowest BCUT2D eigenvalue weighted by Gasteiger charge is -2.17. The maximum Gasteiger partial charge on any atom is 0.419 e. The molecule has 158 valence electrons. The van der Waals surface area contributed by atoms with Gasteiger partial charge >= 0.3 is 6.18 Å². The van der Waals surface area contributed by atoms with Gasteiger partial charge < -0.3 is 10.1 Å². The third kappa shape index (κ3) is 5.04. The van der Waals surface area contributed by atoms with Gasteiger partial charge in [0.1, 0.15) is 16.5 Å². The molecule has 0 aliphatic heterocycles. The summed E-state index contributed by atoms with van der Waals surface area (Å²) in [7, 11) is -1.30. The summed E-state index contributed by atoms with van der Waals surface area (Å²) >= 11 is 0. The molecule has 0 spiro atoms. The molecule has 2 rings (SSSR count). The first kappa shape index (κ1) is 22.6. The van der Waals surface area contributed by atoms with Crippen molar-refractivity contribution in [2.45, 2.75) is 18.0 Å². The quantitative estimate of drug-likeness (QED) is 0.703. The van der Waals surface area contributed by atoms with Gasteiger partial charge in [-0.05, 0) is 43.3 Å². The van der Waals surface area contributed by atoms with Gasteiger partial charge in [0, 0.05) is 25.3 Å². The number of carbonyl (C=O) groups excluding carboxylic acids is 1. The van der Waals surface area contributed by atoms with Gasteiger partial charge in [0.05, 0.1) is 12.2 Å². The second-order valence-corrected chi connectivity index (χ2v) is 8.15. The first-order valence-corrected chi connectivity index (χ1v) is 9.69. The van der Waals surface area contributed by atoms with Crippen LogP contribution in [0.25, 0.3) is 0 Å². The van der Waals surface area contributed by atoms with E-state index in [9.17, 15) is 30.8 Å². The minimum Gasteiger partial charge on any atom is -0.492 e. The van der Waals surface area contributed by atoms with E-state index in [-0.39, 0.29) is 22.9 Å². The molecule has 0 saturated heterocycles. The molecular weight excluding hydrogens is 416 g/mol. The van der Waals surface area contributed by atoms with Crippen molar-refractivity contribution in [3.05, 3.63) is 53.3 Å². The number of rotatable bonds is 6. The normalized spacial score (nSPS) is 12.1. The Morgan fingerprint density at radius 3 is 2.34 bits per heavy atom. The highest BCUT2D eigenvalue weighted by Crippen LogP contribution is 2.32. The number of hydrogen-bond acceptors (Lipinski definition) is 4. The van der Waals surface area contributed by atoms with Crippen molar-refractivity contribution in [3.8, 4) is 5.75 Å². The number of carbonyl (C=O) groups is 1. The maximum atomic E-state index is 13.4. The van der Waals surface area contributed by atoms with E-state index in [1.807, 2.05) is 0 Å². The summed E-state index contributed by atoms with van der Waals surface area (Å²) in [5, 5.41) is 2.31. The molecule has 2 aromatic rings. The number of alkyl halides is 3. The Kier molecular flexibility index (Phi) is 6.53. The number of ether oxygens (including phenoxy) is 1. The van der Waals surface area contributed by atoms with Gasteiger partial charge in [-0.15, -0.1) is 0 Å². The summed E-state index contributed by atoms with van der Waals surface area (Å²) in [6.07, 6.45) is -4.97. The fraction of sp³-hybridized carbons (Fsp3) is 0.278. The van der Waals surface area contributed by atoms with Gasteiger partial charge in [-0.25, -0.2) is 17.1 Å². The molecule has 0 bridgehead atoms. The summed E-state index contributed by atoms with van der Waals surface area (Å²) in [6.45, 7) is 1.85. The fourth-order valence-corrected chi connectivity index (χ4v) is 3.40. The number of benzene rings is 2. The third-order valence-electron chi connectivity index (χ3n) is 3.79. The number of halogens is 4. The van der Waals surface area contributed by atoms with Gasteiger partial charge in [0.25, 0.3) is 5.91 Å². The molecule has 0 heterocycles. The second-order valence-electron chi connectivity index (χ2n) is 6.03. The zero-order valence-corrected chi connectivity index (χ0v) is 16.5. The van der Waals surface area contributed by atoms with Gasteiger partial charge in [-0.1, -0.05) is 0 Å². The number of nitrogens with one attached hydrogen (secondary N) is 1. The van der Waals surface area contributed by atoms with Crippen molar-refractivity contribution >= 4 is 21.6 Å². The predicted molar refractivity (Wildman–Crippen MR) is 97.8 cm³/mol. The number of hydrogen-bond donors (Lipinski definition) is 1. The van der Waals surface area contributed by atoms with Crippen LogP contribution in [0.5, 0.6) is 5.75 Å². The molecule has 0 aliphatic rings. The highest BCUT2D eigenvalue weighted by molar-refractivity contribution is 7.89. The van der Waals surface area contributed by atoms with Gasteiger partial charge in [0.2, 0.25) is 10.0 Å². The zero-order chi connectivity index (χ0) is 22.0. The molecule has 29 heavy (non-hydrogen) atoms. The molecular formula is C18H18F4N2O4S. The van der Waals surface area contributed by atoms with Crippen LogP contribution in [0.4, 0.5) is 23.2 Å². The zero-order valence-electron chi connectivity index (χ0n) is 15.7. The molecule has 0 radical (unpaired) electrons. The van der Waals surface area contributed by atoms with Gasteiger partial charge in [0.15, 0.2) is 0 Å². The van der Waals surface area contributed by atoms with E-state index in [1.165, 1.54) is 26.2 Å². The molecule has 0 saturated carbocycles. The predicted octanol–water partition coefficient (Wildman–Crippen LogP) is 3.75. The van der Waals surface area contributed by atoms with Crippen LogP contribution in [0.2, 0.25) is 0 Å². The van der Waals surface area contributed by atoms with Crippen molar-refractivity contribution in [3.63, 3.8) is 0 Å². The fourth-order valence-electron chi connectivity index (χ4n) is 2.35. The molecule has 0 atom stereocenters. The molecule has 1 amide bonds. The largest absolute Gasteiger partial charge is 0.492 e. The first-order valence-electron chi connectivity index (χ1n) is 8.25. The molecule has 0 unspecified atom stereocenters. The summed E-state index contributed by atoms with van der Waals surface area (Å²) in [5.41, 5.74) is -2.01. The van der Waals surface area contributed by atoms with Gasteiger partial charge in [-0.3, -0.25) is 4.79 Å². The van der Waals surface area contributed by atoms with E-state index in [2.05, 4.69) is 5.32 Å². The Hall–Kier alpha value is -2.66. The maximum absolute atomic E-state index is 13.4. The lowest BCUT2D eigenvalue weighted by atomic mass is 10.1. The topological polar surface area (TPSA) is 75.7 Å². The number of anilines is 1. The summed E-state index contributed by atoms with van der Waals surface area (Å²) < 4.78 is 83.2. The number of amides is 1. The highest BCUT2D eigenvalue weighted by Gasteiger charge is 2.34. The third-order valence-corrected chi connectivity index (χ3v) is 5.63. The van der Waals surface area contributed by atoms with Crippen LogP contribution >= 0.6 is 0 Å².